The van der Waals surface area contributed by atoms with Gasteiger partial charge in [-0.25, -0.2) is 4.79 Å². The zero-order valence-electron chi connectivity index (χ0n) is 13.6. The number of aromatic nitrogens is 4. The van der Waals surface area contributed by atoms with Crippen LogP contribution in [0.15, 0.2) is 15.4 Å². The van der Waals surface area contributed by atoms with E-state index in [4.69, 9.17) is 4.52 Å². The summed E-state index contributed by atoms with van der Waals surface area (Å²) in [5.74, 6) is 1.84. The van der Waals surface area contributed by atoms with Gasteiger partial charge in [-0.1, -0.05) is 11.6 Å². The highest BCUT2D eigenvalue weighted by molar-refractivity contribution is 5.09. The number of hydrogen-bond donors (Lipinski definition) is 0. The summed E-state index contributed by atoms with van der Waals surface area (Å²) in [7, 11) is 0. The second-order valence-corrected chi connectivity index (χ2v) is 6.64. The summed E-state index contributed by atoms with van der Waals surface area (Å²) < 4.78 is 8.92. The Balaban J connectivity index is 1.57. The molecule has 0 saturated carbocycles. The second kappa shape index (κ2) is 5.96. The summed E-state index contributed by atoms with van der Waals surface area (Å²) in [6.45, 7) is 4.23. The van der Waals surface area contributed by atoms with E-state index in [1.54, 1.807) is 4.68 Å². The maximum Gasteiger partial charge on any atom is 0.347 e. The predicted molar refractivity (Wildman–Crippen MR) is 84.0 cm³/mol. The third-order valence-corrected chi connectivity index (χ3v) is 4.94. The van der Waals surface area contributed by atoms with Crippen molar-refractivity contribution in [3.63, 3.8) is 0 Å². The molecule has 2 aromatic heterocycles. The van der Waals surface area contributed by atoms with Gasteiger partial charge in [0.25, 0.3) is 0 Å². The van der Waals surface area contributed by atoms with E-state index < -0.39 is 0 Å². The Morgan fingerprint density at radius 1 is 1.26 bits per heavy atom. The molecule has 0 radical (unpaired) electrons. The molecule has 7 nitrogen and oxygen atoms in total. The van der Waals surface area contributed by atoms with Gasteiger partial charge in [-0.05, 0) is 32.6 Å². The molecule has 23 heavy (non-hydrogen) atoms. The lowest BCUT2D eigenvalue weighted by Gasteiger charge is -2.21. The number of hydrogen-bond acceptors (Lipinski definition) is 5. The van der Waals surface area contributed by atoms with Crippen molar-refractivity contribution in [1.82, 2.24) is 24.4 Å². The van der Waals surface area contributed by atoms with Crippen LogP contribution in [-0.2, 0) is 19.6 Å². The van der Waals surface area contributed by atoms with Gasteiger partial charge in [-0.15, -0.1) is 0 Å². The maximum absolute atomic E-state index is 12.6. The fourth-order valence-corrected chi connectivity index (χ4v) is 3.75. The molecule has 0 bridgehead atoms. The molecule has 1 atom stereocenters. The van der Waals surface area contributed by atoms with Crippen molar-refractivity contribution in [3.05, 3.63) is 33.8 Å². The van der Waals surface area contributed by atoms with Crippen LogP contribution < -0.4 is 5.69 Å². The molecule has 0 unspecified atom stereocenters. The van der Waals surface area contributed by atoms with E-state index in [1.807, 2.05) is 17.6 Å². The minimum atomic E-state index is 0.0290. The second-order valence-electron chi connectivity index (χ2n) is 6.64. The SMILES string of the molecule is Cc1cc([C@H]2CCCN2Cn2nc3n(c2=O)CCCCC3)on1. The molecule has 1 saturated heterocycles. The van der Waals surface area contributed by atoms with Gasteiger partial charge < -0.3 is 4.52 Å². The zero-order chi connectivity index (χ0) is 15.8. The van der Waals surface area contributed by atoms with Gasteiger partial charge in [0.2, 0.25) is 0 Å². The van der Waals surface area contributed by atoms with Crippen molar-refractivity contribution in [2.75, 3.05) is 6.54 Å². The molecule has 2 aromatic rings. The molecule has 0 amide bonds. The molecule has 2 aliphatic rings. The Bertz CT molecular complexity index is 744. The van der Waals surface area contributed by atoms with Crippen LogP contribution in [0.3, 0.4) is 0 Å². The zero-order valence-corrected chi connectivity index (χ0v) is 13.6. The molecule has 4 heterocycles. The largest absolute Gasteiger partial charge is 0.359 e. The maximum atomic E-state index is 12.6. The van der Waals surface area contributed by atoms with E-state index in [1.165, 1.54) is 6.42 Å². The summed E-state index contributed by atoms with van der Waals surface area (Å²) in [6, 6.07) is 2.19. The normalized spacial score (nSPS) is 22.2. The molecule has 0 N–H and O–H groups in total. The lowest BCUT2D eigenvalue weighted by atomic mass is 10.1. The van der Waals surface area contributed by atoms with Gasteiger partial charge in [0.05, 0.1) is 18.4 Å². The number of nitrogens with zero attached hydrogens (tertiary/aromatic N) is 5. The highest BCUT2D eigenvalue weighted by Crippen LogP contribution is 2.32. The Hall–Kier alpha value is -1.89. The summed E-state index contributed by atoms with van der Waals surface area (Å²) in [5.41, 5.74) is 0.930. The van der Waals surface area contributed by atoms with Crippen LogP contribution in [0.5, 0.6) is 0 Å². The van der Waals surface area contributed by atoms with Crippen LogP contribution in [-0.4, -0.2) is 30.9 Å². The molecular weight excluding hydrogens is 294 g/mol. The van der Waals surface area contributed by atoms with Crippen LogP contribution in [0.1, 0.15) is 55.4 Å². The Morgan fingerprint density at radius 3 is 3.00 bits per heavy atom. The standard InChI is InChI=1S/C16H23N5O2/c1-12-10-14(23-18-12)13-6-5-8-19(13)11-21-16(22)20-9-4-2-3-7-15(20)17-21/h10,13H,2-9,11H2,1H3/t13-/m1/s1. The number of aryl methyl sites for hydroxylation is 2. The van der Waals surface area contributed by atoms with Crippen molar-refractivity contribution in [1.29, 1.82) is 0 Å². The molecule has 0 spiro atoms. The molecule has 2 aliphatic heterocycles. The highest BCUT2D eigenvalue weighted by Gasteiger charge is 2.30. The number of rotatable bonds is 3. The molecule has 124 valence electrons. The van der Waals surface area contributed by atoms with Gasteiger partial charge in [-0.3, -0.25) is 9.47 Å². The molecule has 1 fully saturated rings. The molecular formula is C16H23N5O2. The lowest BCUT2D eigenvalue weighted by Crippen LogP contribution is -2.33. The Labute approximate surface area is 134 Å². The van der Waals surface area contributed by atoms with Crippen LogP contribution in [0.2, 0.25) is 0 Å². The monoisotopic (exact) mass is 317 g/mol. The smallest absolute Gasteiger partial charge is 0.347 e. The molecule has 0 aliphatic carbocycles. The van der Waals surface area contributed by atoms with Crippen LogP contribution >= 0.6 is 0 Å². The average Bonchev–Trinajstić information content (AvgIpc) is 3.18. The fraction of sp³-hybridized carbons (Fsp3) is 0.688. The van der Waals surface area contributed by atoms with E-state index in [2.05, 4.69) is 15.2 Å². The average molecular weight is 317 g/mol. The first-order chi connectivity index (χ1) is 11.2. The van der Waals surface area contributed by atoms with Crippen LogP contribution in [0, 0.1) is 6.92 Å². The minimum Gasteiger partial charge on any atom is -0.359 e. The predicted octanol–water partition coefficient (Wildman–Crippen LogP) is 1.86. The van der Waals surface area contributed by atoms with Gasteiger partial charge in [0.1, 0.15) is 5.82 Å². The summed E-state index contributed by atoms with van der Waals surface area (Å²) in [6.07, 6.45) is 6.43. The van der Waals surface area contributed by atoms with Crippen molar-refractivity contribution < 1.29 is 4.52 Å². The third kappa shape index (κ3) is 2.73. The topological polar surface area (TPSA) is 69.1 Å². The Kier molecular flexibility index (Phi) is 3.80. The summed E-state index contributed by atoms with van der Waals surface area (Å²) in [4.78, 5) is 14.9. The molecule has 0 aromatic carbocycles. The van der Waals surface area contributed by atoms with Crippen molar-refractivity contribution >= 4 is 0 Å². The fourth-order valence-electron chi connectivity index (χ4n) is 3.75. The van der Waals surface area contributed by atoms with Crippen molar-refractivity contribution in [2.24, 2.45) is 0 Å². The van der Waals surface area contributed by atoms with Gasteiger partial charge in [0, 0.05) is 25.6 Å². The number of likely N-dealkylation sites (tertiary alicyclic amines) is 1. The first-order valence-corrected chi connectivity index (χ1v) is 8.56. The van der Waals surface area contributed by atoms with E-state index in [0.29, 0.717) is 6.67 Å². The van der Waals surface area contributed by atoms with Crippen molar-refractivity contribution in [3.8, 4) is 0 Å². The lowest BCUT2D eigenvalue weighted by molar-refractivity contribution is 0.161. The first-order valence-electron chi connectivity index (χ1n) is 8.56. The molecule has 7 heteroatoms. The van der Waals surface area contributed by atoms with E-state index in [9.17, 15) is 4.79 Å². The third-order valence-electron chi connectivity index (χ3n) is 4.94. The van der Waals surface area contributed by atoms with Crippen molar-refractivity contribution in [2.45, 2.75) is 64.7 Å². The first kappa shape index (κ1) is 14.7. The summed E-state index contributed by atoms with van der Waals surface area (Å²) >= 11 is 0. The highest BCUT2D eigenvalue weighted by atomic mass is 16.5. The van der Waals surface area contributed by atoms with Gasteiger partial charge in [-0.2, -0.15) is 9.78 Å². The molecule has 4 rings (SSSR count). The number of fused-ring (bicyclic) bond motifs is 1. The van der Waals surface area contributed by atoms with Gasteiger partial charge in [0.15, 0.2) is 5.76 Å². The van der Waals surface area contributed by atoms with E-state index in [-0.39, 0.29) is 11.7 Å². The van der Waals surface area contributed by atoms with Crippen LogP contribution in [0.4, 0.5) is 0 Å². The van der Waals surface area contributed by atoms with E-state index >= 15 is 0 Å². The Morgan fingerprint density at radius 2 is 2.17 bits per heavy atom. The minimum absolute atomic E-state index is 0.0290. The quantitative estimate of drug-likeness (QED) is 0.864. The van der Waals surface area contributed by atoms with Crippen LogP contribution in [0.25, 0.3) is 0 Å². The van der Waals surface area contributed by atoms with Gasteiger partial charge >= 0.3 is 5.69 Å². The summed E-state index contributed by atoms with van der Waals surface area (Å²) in [5, 5.41) is 8.58. The van der Waals surface area contributed by atoms with E-state index in [0.717, 1.165) is 62.5 Å².